The van der Waals surface area contributed by atoms with E-state index in [0.717, 1.165) is 12.2 Å². The highest BCUT2D eigenvalue weighted by molar-refractivity contribution is 5.97. The zero-order valence-corrected chi connectivity index (χ0v) is 15.0. The Balaban J connectivity index is 1.70. The summed E-state index contributed by atoms with van der Waals surface area (Å²) in [5, 5.41) is 7.32. The van der Waals surface area contributed by atoms with E-state index in [2.05, 4.69) is 10.4 Å². The van der Waals surface area contributed by atoms with E-state index in [0.29, 0.717) is 38.1 Å². The van der Waals surface area contributed by atoms with E-state index in [1.54, 1.807) is 4.57 Å². The summed E-state index contributed by atoms with van der Waals surface area (Å²) in [5.74, 6) is 0.208. The summed E-state index contributed by atoms with van der Waals surface area (Å²) in [7, 11) is 1.44. The number of fused-ring (bicyclic) bond motifs is 1. The SMILES string of the molecule is CCCn1nc2n(c1=O)CCC(NC(=O)c1cc(F)ccc1OC)CC2. The third-order valence-electron chi connectivity index (χ3n) is 4.59. The fraction of sp³-hybridized carbons (Fsp3) is 0.500. The van der Waals surface area contributed by atoms with E-state index in [1.165, 1.54) is 30.0 Å². The fourth-order valence-corrected chi connectivity index (χ4v) is 3.25. The number of nitrogens with one attached hydrogen (secondary N) is 1. The van der Waals surface area contributed by atoms with Gasteiger partial charge in [0.15, 0.2) is 0 Å². The maximum absolute atomic E-state index is 13.5. The maximum atomic E-state index is 13.5. The molecule has 0 radical (unpaired) electrons. The van der Waals surface area contributed by atoms with Gasteiger partial charge in [0.05, 0.1) is 12.7 Å². The Morgan fingerprint density at radius 1 is 1.42 bits per heavy atom. The van der Waals surface area contributed by atoms with Crippen molar-refractivity contribution in [1.82, 2.24) is 19.7 Å². The molecule has 1 unspecified atom stereocenters. The van der Waals surface area contributed by atoms with Gasteiger partial charge in [-0.05, 0) is 37.5 Å². The van der Waals surface area contributed by atoms with Crippen LogP contribution in [0.15, 0.2) is 23.0 Å². The van der Waals surface area contributed by atoms with E-state index in [9.17, 15) is 14.0 Å². The second-order valence-electron chi connectivity index (χ2n) is 6.42. The van der Waals surface area contributed by atoms with Crippen LogP contribution < -0.4 is 15.7 Å². The van der Waals surface area contributed by atoms with Gasteiger partial charge in [-0.3, -0.25) is 9.36 Å². The number of ether oxygens (including phenoxy) is 1. The van der Waals surface area contributed by atoms with E-state index >= 15 is 0 Å². The molecule has 1 aromatic carbocycles. The molecule has 0 spiro atoms. The number of amides is 1. The third-order valence-corrected chi connectivity index (χ3v) is 4.59. The molecule has 7 nitrogen and oxygen atoms in total. The number of carbonyl (C=O) groups is 1. The normalized spacial score (nSPS) is 16.7. The number of benzene rings is 1. The first-order valence-electron chi connectivity index (χ1n) is 8.84. The van der Waals surface area contributed by atoms with E-state index in [1.807, 2.05) is 6.92 Å². The van der Waals surface area contributed by atoms with Crippen LogP contribution in [-0.4, -0.2) is 33.4 Å². The Morgan fingerprint density at radius 3 is 2.96 bits per heavy atom. The third kappa shape index (κ3) is 3.63. The number of aryl methyl sites for hydroxylation is 2. The van der Waals surface area contributed by atoms with Gasteiger partial charge in [-0.2, -0.15) is 5.10 Å². The Labute approximate surface area is 150 Å². The molecule has 0 bridgehead atoms. The van der Waals surface area contributed by atoms with E-state index in [4.69, 9.17) is 4.74 Å². The monoisotopic (exact) mass is 362 g/mol. The summed E-state index contributed by atoms with van der Waals surface area (Å²) < 4.78 is 21.8. The van der Waals surface area contributed by atoms with Crippen LogP contribution in [0, 0.1) is 5.82 Å². The molecular formula is C18H23FN4O3. The molecule has 1 atom stereocenters. The van der Waals surface area contributed by atoms with Crippen LogP contribution in [0.3, 0.4) is 0 Å². The van der Waals surface area contributed by atoms with Gasteiger partial charge in [-0.25, -0.2) is 13.9 Å². The quantitative estimate of drug-likeness (QED) is 0.879. The lowest BCUT2D eigenvalue weighted by Crippen LogP contribution is -2.36. The number of rotatable bonds is 5. The van der Waals surface area contributed by atoms with Crippen LogP contribution in [0.2, 0.25) is 0 Å². The van der Waals surface area contributed by atoms with Crippen molar-refractivity contribution in [2.24, 2.45) is 0 Å². The molecule has 0 saturated carbocycles. The second-order valence-corrected chi connectivity index (χ2v) is 6.42. The molecule has 1 aliphatic rings. The van der Waals surface area contributed by atoms with Crippen LogP contribution in [-0.2, 0) is 19.5 Å². The maximum Gasteiger partial charge on any atom is 0.345 e. The molecule has 1 aliphatic heterocycles. The summed E-state index contributed by atoms with van der Waals surface area (Å²) in [4.78, 5) is 24.9. The lowest BCUT2D eigenvalue weighted by molar-refractivity contribution is 0.0929. The van der Waals surface area contributed by atoms with Crippen LogP contribution >= 0.6 is 0 Å². The summed E-state index contributed by atoms with van der Waals surface area (Å²) in [6.45, 7) is 3.12. The van der Waals surface area contributed by atoms with Crippen molar-refractivity contribution < 1.29 is 13.9 Å². The van der Waals surface area contributed by atoms with Crippen LogP contribution in [0.1, 0.15) is 42.4 Å². The smallest absolute Gasteiger partial charge is 0.345 e. The number of hydrogen-bond acceptors (Lipinski definition) is 4. The van der Waals surface area contributed by atoms with Gasteiger partial charge < -0.3 is 10.1 Å². The largest absolute Gasteiger partial charge is 0.496 e. The fourth-order valence-electron chi connectivity index (χ4n) is 3.25. The van der Waals surface area contributed by atoms with Crippen molar-refractivity contribution in [3.63, 3.8) is 0 Å². The van der Waals surface area contributed by atoms with E-state index < -0.39 is 5.82 Å². The molecule has 140 valence electrons. The number of methoxy groups -OCH3 is 1. The summed E-state index contributed by atoms with van der Waals surface area (Å²) >= 11 is 0. The number of halogens is 1. The van der Waals surface area contributed by atoms with Crippen molar-refractivity contribution >= 4 is 5.91 Å². The first-order valence-corrected chi connectivity index (χ1v) is 8.84. The first kappa shape index (κ1) is 18.2. The predicted octanol–water partition coefficient (Wildman–Crippen LogP) is 1.74. The highest BCUT2D eigenvalue weighted by atomic mass is 19.1. The number of aromatic nitrogens is 3. The van der Waals surface area contributed by atoms with Crippen molar-refractivity contribution in [2.45, 2.75) is 51.7 Å². The number of nitrogens with zero attached hydrogens (tertiary/aromatic N) is 3. The van der Waals surface area contributed by atoms with Crippen molar-refractivity contribution in [3.05, 3.63) is 45.9 Å². The molecule has 1 amide bonds. The minimum atomic E-state index is -0.492. The van der Waals surface area contributed by atoms with Gasteiger partial charge in [0.25, 0.3) is 5.91 Å². The molecule has 2 aromatic rings. The molecule has 3 rings (SSSR count). The van der Waals surface area contributed by atoms with Crippen LogP contribution in [0.25, 0.3) is 0 Å². The average Bonchev–Trinajstić information content (AvgIpc) is 2.79. The standard InChI is InChI=1S/C18H23FN4O3/c1-3-9-23-18(25)22-10-8-13(5-7-16(22)21-23)20-17(24)14-11-12(19)4-6-15(14)26-2/h4,6,11,13H,3,5,7-10H2,1-2H3,(H,20,24). The minimum absolute atomic E-state index is 0.0966. The molecule has 0 aliphatic carbocycles. The average molecular weight is 362 g/mol. The van der Waals surface area contributed by atoms with Gasteiger partial charge in [0, 0.05) is 25.6 Å². The second kappa shape index (κ2) is 7.72. The summed E-state index contributed by atoms with van der Waals surface area (Å²) in [6.07, 6.45) is 2.75. The molecule has 26 heavy (non-hydrogen) atoms. The summed E-state index contributed by atoms with van der Waals surface area (Å²) in [5.41, 5.74) is 0.0698. The lowest BCUT2D eigenvalue weighted by Gasteiger charge is -2.17. The Morgan fingerprint density at radius 2 is 2.23 bits per heavy atom. The first-order chi connectivity index (χ1) is 12.5. The van der Waals surface area contributed by atoms with Crippen molar-refractivity contribution in [1.29, 1.82) is 0 Å². The van der Waals surface area contributed by atoms with Gasteiger partial charge in [0.2, 0.25) is 0 Å². The molecule has 1 N–H and O–H groups in total. The number of hydrogen-bond donors (Lipinski definition) is 1. The van der Waals surface area contributed by atoms with Gasteiger partial charge in [-0.15, -0.1) is 0 Å². The highest BCUT2D eigenvalue weighted by Crippen LogP contribution is 2.20. The summed E-state index contributed by atoms with van der Waals surface area (Å²) in [6, 6.07) is 3.74. The zero-order valence-electron chi connectivity index (χ0n) is 15.0. The molecule has 0 saturated heterocycles. The molecular weight excluding hydrogens is 339 g/mol. The number of carbonyl (C=O) groups excluding carboxylic acids is 1. The van der Waals surface area contributed by atoms with Crippen molar-refractivity contribution in [2.75, 3.05) is 7.11 Å². The lowest BCUT2D eigenvalue weighted by atomic mass is 10.1. The Bertz CT molecular complexity index is 859. The zero-order chi connectivity index (χ0) is 18.7. The highest BCUT2D eigenvalue weighted by Gasteiger charge is 2.23. The minimum Gasteiger partial charge on any atom is -0.496 e. The van der Waals surface area contributed by atoms with E-state index in [-0.39, 0.29) is 23.2 Å². The molecule has 2 heterocycles. The predicted molar refractivity (Wildman–Crippen MR) is 93.9 cm³/mol. The van der Waals surface area contributed by atoms with Crippen LogP contribution in [0.4, 0.5) is 4.39 Å². The molecule has 0 fully saturated rings. The molecule has 1 aromatic heterocycles. The van der Waals surface area contributed by atoms with Gasteiger partial charge >= 0.3 is 5.69 Å². The van der Waals surface area contributed by atoms with Gasteiger partial charge in [-0.1, -0.05) is 6.92 Å². The Kier molecular flexibility index (Phi) is 5.39. The van der Waals surface area contributed by atoms with Crippen LogP contribution in [0.5, 0.6) is 5.75 Å². The topological polar surface area (TPSA) is 78.2 Å². The Hall–Kier alpha value is -2.64. The van der Waals surface area contributed by atoms with Gasteiger partial charge in [0.1, 0.15) is 17.4 Å². The van der Waals surface area contributed by atoms with Crippen molar-refractivity contribution in [3.8, 4) is 5.75 Å². The molecule has 8 heteroatoms.